The summed E-state index contributed by atoms with van der Waals surface area (Å²) >= 11 is 0. The molecule has 1 saturated heterocycles. The molecule has 0 radical (unpaired) electrons. The maximum atomic E-state index is 12.4. The molecule has 2 heterocycles. The number of hydrogen-bond acceptors (Lipinski definition) is 6. The second-order valence-electron chi connectivity index (χ2n) is 7.04. The van der Waals surface area contributed by atoms with Crippen LogP contribution in [0.25, 0.3) is 11.5 Å². The zero-order valence-electron chi connectivity index (χ0n) is 16.5. The molecule has 7 heteroatoms. The number of carbonyl (C=O) groups is 1. The van der Waals surface area contributed by atoms with Gasteiger partial charge in [0, 0.05) is 37.1 Å². The topological polar surface area (TPSA) is 77.7 Å². The monoisotopic (exact) mass is 393 g/mol. The summed E-state index contributed by atoms with van der Waals surface area (Å²) in [4.78, 5) is 18.8. The molecule has 0 N–H and O–H groups in total. The normalized spacial score (nSPS) is 16.3. The minimum atomic E-state index is -0.0664. The Morgan fingerprint density at radius 1 is 1.10 bits per heavy atom. The van der Waals surface area contributed by atoms with E-state index in [1.807, 2.05) is 35.2 Å². The van der Waals surface area contributed by atoms with Crippen molar-refractivity contribution in [1.82, 2.24) is 15.0 Å². The van der Waals surface area contributed by atoms with Crippen LogP contribution in [0.4, 0.5) is 0 Å². The fraction of sp³-hybridized carbons (Fsp3) is 0.318. The van der Waals surface area contributed by atoms with Crippen molar-refractivity contribution in [3.05, 3.63) is 59.9 Å². The van der Waals surface area contributed by atoms with Crippen LogP contribution in [0.3, 0.4) is 0 Å². The van der Waals surface area contributed by atoms with Gasteiger partial charge in [-0.05, 0) is 24.1 Å². The molecule has 150 valence electrons. The fourth-order valence-electron chi connectivity index (χ4n) is 3.52. The number of amides is 1. The summed E-state index contributed by atoms with van der Waals surface area (Å²) in [6.45, 7) is 1.29. The lowest BCUT2D eigenvalue weighted by Gasteiger charge is -2.15. The van der Waals surface area contributed by atoms with E-state index in [2.05, 4.69) is 22.3 Å². The standard InChI is InChI=1S/C22H23N3O4/c1-27-18-10-16(11-19(13-18)28-2)22-23-21(24-29-22)17-12-20(26)25(14-17)9-8-15-6-4-3-5-7-15/h3-7,10-11,13,17H,8-9,12,14H2,1-2H3. The lowest BCUT2D eigenvalue weighted by Crippen LogP contribution is -2.27. The predicted molar refractivity (Wildman–Crippen MR) is 107 cm³/mol. The van der Waals surface area contributed by atoms with E-state index in [-0.39, 0.29) is 11.8 Å². The molecule has 7 nitrogen and oxygen atoms in total. The SMILES string of the molecule is COc1cc(OC)cc(-c2nc(C3CC(=O)N(CCc4ccccc4)C3)no2)c1. The number of methoxy groups -OCH3 is 2. The number of benzene rings is 2. The van der Waals surface area contributed by atoms with Crippen LogP contribution in [-0.2, 0) is 11.2 Å². The van der Waals surface area contributed by atoms with Crippen molar-refractivity contribution in [1.29, 1.82) is 0 Å². The van der Waals surface area contributed by atoms with E-state index in [0.29, 0.717) is 48.3 Å². The molecule has 1 unspecified atom stereocenters. The Balaban J connectivity index is 1.45. The molecule has 1 aliphatic rings. The first-order chi connectivity index (χ1) is 14.2. The first kappa shape index (κ1) is 19.0. The Bertz CT molecular complexity index is 964. The van der Waals surface area contributed by atoms with Crippen LogP contribution in [0, 0.1) is 0 Å². The molecule has 0 saturated carbocycles. The van der Waals surface area contributed by atoms with Crippen LogP contribution in [-0.4, -0.2) is 48.3 Å². The van der Waals surface area contributed by atoms with E-state index in [0.717, 1.165) is 6.42 Å². The van der Waals surface area contributed by atoms with Gasteiger partial charge in [-0.2, -0.15) is 4.98 Å². The molecule has 4 rings (SSSR count). The number of ether oxygens (including phenoxy) is 2. The van der Waals surface area contributed by atoms with Gasteiger partial charge in [0.25, 0.3) is 5.89 Å². The third-order valence-electron chi connectivity index (χ3n) is 5.13. The molecule has 0 bridgehead atoms. The van der Waals surface area contributed by atoms with E-state index < -0.39 is 0 Å². The molecule has 0 spiro atoms. The van der Waals surface area contributed by atoms with Crippen molar-refractivity contribution in [3.8, 4) is 23.0 Å². The molecule has 1 aromatic heterocycles. The number of nitrogens with zero attached hydrogens (tertiary/aromatic N) is 3. The van der Waals surface area contributed by atoms with Crippen LogP contribution in [0.2, 0.25) is 0 Å². The predicted octanol–water partition coefficient (Wildman–Crippen LogP) is 3.31. The van der Waals surface area contributed by atoms with Gasteiger partial charge in [-0.3, -0.25) is 4.79 Å². The Morgan fingerprint density at radius 3 is 2.52 bits per heavy atom. The summed E-state index contributed by atoms with van der Waals surface area (Å²) < 4.78 is 16.1. The van der Waals surface area contributed by atoms with E-state index >= 15 is 0 Å². The van der Waals surface area contributed by atoms with Gasteiger partial charge in [0.1, 0.15) is 11.5 Å². The number of hydrogen-bond donors (Lipinski definition) is 0. The molecule has 29 heavy (non-hydrogen) atoms. The molecular weight excluding hydrogens is 370 g/mol. The number of rotatable bonds is 7. The van der Waals surface area contributed by atoms with Gasteiger partial charge in [0.15, 0.2) is 5.82 Å². The smallest absolute Gasteiger partial charge is 0.258 e. The quantitative estimate of drug-likeness (QED) is 0.613. The Morgan fingerprint density at radius 2 is 1.83 bits per heavy atom. The molecule has 1 aliphatic heterocycles. The minimum absolute atomic E-state index is 0.0664. The number of aromatic nitrogens is 2. The van der Waals surface area contributed by atoms with E-state index in [1.165, 1.54) is 5.56 Å². The summed E-state index contributed by atoms with van der Waals surface area (Å²) in [5.74, 6) is 2.28. The first-order valence-corrected chi connectivity index (χ1v) is 9.55. The maximum Gasteiger partial charge on any atom is 0.258 e. The van der Waals surface area contributed by atoms with Gasteiger partial charge < -0.3 is 18.9 Å². The lowest BCUT2D eigenvalue weighted by molar-refractivity contribution is -0.127. The molecule has 3 aromatic rings. The van der Waals surface area contributed by atoms with Crippen molar-refractivity contribution in [3.63, 3.8) is 0 Å². The highest BCUT2D eigenvalue weighted by Crippen LogP contribution is 2.31. The van der Waals surface area contributed by atoms with Gasteiger partial charge in [0.05, 0.1) is 14.2 Å². The molecular formula is C22H23N3O4. The van der Waals surface area contributed by atoms with Crippen molar-refractivity contribution < 1.29 is 18.8 Å². The Kier molecular flexibility index (Phi) is 5.46. The van der Waals surface area contributed by atoms with Gasteiger partial charge in [0.2, 0.25) is 5.91 Å². The summed E-state index contributed by atoms with van der Waals surface area (Å²) in [6.07, 6.45) is 1.23. The summed E-state index contributed by atoms with van der Waals surface area (Å²) in [7, 11) is 3.18. The van der Waals surface area contributed by atoms with Crippen molar-refractivity contribution in [2.24, 2.45) is 0 Å². The van der Waals surface area contributed by atoms with Crippen molar-refractivity contribution >= 4 is 5.91 Å². The highest BCUT2D eigenvalue weighted by molar-refractivity contribution is 5.79. The Hall–Kier alpha value is -3.35. The van der Waals surface area contributed by atoms with Crippen LogP contribution < -0.4 is 9.47 Å². The third kappa shape index (κ3) is 4.23. The average Bonchev–Trinajstić information content (AvgIpc) is 3.39. The van der Waals surface area contributed by atoms with Crippen LogP contribution in [0.1, 0.15) is 23.7 Å². The second-order valence-corrected chi connectivity index (χ2v) is 7.04. The van der Waals surface area contributed by atoms with Crippen LogP contribution >= 0.6 is 0 Å². The largest absolute Gasteiger partial charge is 0.497 e. The zero-order valence-corrected chi connectivity index (χ0v) is 16.5. The summed E-state index contributed by atoms with van der Waals surface area (Å²) in [6, 6.07) is 15.6. The zero-order chi connectivity index (χ0) is 20.2. The van der Waals surface area contributed by atoms with E-state index in [9.17, 15) is 4.79 Å². The van der Waals surface area contributed by atoms with Gasteiger partial charge in [-0.15, -0.1) is 0 Å². The third-order valence-corrected chi connectivity index (χ3v) is 5.13. The molecule has 1 amide bonds. The summed E-state index contributed by atoms with van der Waals surface area (Å²) in [5, 5.41) is 4.13. The van der Waals surface area contributed by atoms with Gasteiger partial charge in [-0.1, -0.05) is 35.5 Å². The molecule has 1 atom stereocenters. The highest BCUT2D eigenvalue weighted by atomic mass is 16.5. The first-order valence-electron chi connectivity index (χ1n) is 9.55. The van der Waals surface area contributed by atoms with Crippen LogP contribution in [0.5, 0.6) is 11.5 Å². The van der Waals surface area contributed by atoms with Gasteiger partial charge >= 0.3 is 0 Å². The summed E-state index contributed by atoms with van der Waals surface area (Å²) in [5.41, 5.74) is 1.93. The average molecular weight is 393 g/mol. The highest BCUT2D eigenvalue weighted by Gasteiger charge is 2.33. The fourth-order valence-corrected chi connectivity index (χ4v) is 3.52. The lowest BCUT2D eigenvalue weighted by atomic mass is 10.1. The van der Waals surface area contributed by atoms with Crippen molar-refractivity contribution in [2.75, 3.05) is 27.3 Å². The van der Waals surface area contributed by atoms with Crippen LogP contribution in [0.15, 0.2) is 53.1 Å². The number of carbonyl (C=O) groups excluding carboxylic acids is 1. The second kappa shape index (κ2) is 8.34. The Labute approximate surface area is 169 Å². The van der Waals surface area contributed by atoms with Gasteiger partial charge in [-0.25, -0.2) is 0 Å². The molecule has 2 aromatic carbocycles. The minimum Gasteiger partial charge on any atom is -0.497 e. The maximum absolute atomic E-state index is 12.4. The van der Waals surface area contributed by atoms with E-state index in [4.69, 9.17) is 14.0 Å². The molecule has 0 aliphatic carbocycles. The number of likely N-dealkylation sites (tertiary alicyclic amines) is 1. The molecule has 1 fully saturated rings. The van der Waals surface area contributed by atoms with Crippen molar-refractivity contribution in [2.45, 2.75) is 18.8 Å². The van der Waals surface area contributed by atoms with E-state index in [1.54, 1.807) is 20.3 Å².